The van der Waals surface area contributed by atoms with Crippen molar-refractivity contribution in [1.82, 2.24) is 0 Å². The van der Waals surface area contributed by atoms with E-state index in [-0.39, 0.29) is 5.69 Å². The molecule has 0 radical (unpaired) electrons. The Labute approximate surface area is 182 Å². The number of nitrogens with zero attached hydrogens (tertiary/aromatic N) is 2. The standard InChI is InChI=1S/C23H20F2N2O3S/c1-2-3-11-29-19-7-5-17(6-8-19)26-27-18-13-20(24)23(21(25)14-18)30-22(28)9-4-16-10-12-31-15-16/h4-10,12-15H,2-3,11H2,1H3/b9-4+,27-26?. The van der Waals surface area contributed by atoms with Gasteiger partial charge < -0.3 is 9.47 Å². The minimum Gasteiger partial charge on any atom is -0.494 e. The molecule has 0 unspecified atom stereocenters. The van der Waals surface area contributed by atoms with Crippen LogP contribution >= 0.6 is 11.3 Å². The maximum Gasteiger partial charge on any atom is 0.336 e. The van der Waals surface area contributed by atoms with E-state index in [2.05, 4.69) is 17.2 Å². The summed E-state index contributed by atoms with van der Waals surface area (Å²) in [5.41, 5.74) is 1.24. The highest BCUT2D eigenvalue weighted by Gasteiger charge is 2.15. The van der Waals surface area contributed by atoms with Crippen molar-refractivity contribution in [2.24, 2.45) is 10.2 Å². The SMILES string of the molecule is CCCCOc1ccc(N=Nc2cc(F)c(OC(=O)/C=C/c3ccsc3)c(F)c2)cc1. The molecule has 0 spiro atoms. The van der Waals surface area contributed by atoms with Crippen molar-refractivity contribution < 1.29 is 23.0 Å². The number of carbonyl (C=O) groups excluding carboxylic acids is 1. The molecule has 8 heteroatoms. The molecule has 0 atom stereocenters. The van der Waals surface area contributed by atoms with E-state index >= 15 is 0 Å². The summed E-state index contributed by atoms with van der Waals surface area (Å²) in [4.78, 5) is 11.8. The molecular formula is C23H20F2N2O3S. The molecule has 3 rings (SSSR count). The fourth-order valence-electron chi connectivity index (χ4n) is 2.43. The predicted molar refractivity (Wildman–Crippen MR) is 116 cm³/mol. The van der Waals surface area contributed by atoms with Gasteiger partial charge in [0.2, 0.25) is 5.75 Å². The maximum absolute atomic E-state index is 14.3. The molecule has 0 aliphatic rings. The molecule has 5 nitrogen and oxygen atoms in total. The van der Waals surface area contributed by atoms with Gasteiger partial charge >= 0.3 is 5.97 Å². The summed E-state index contributed by atoms with van der Waals surface area (Å²) in [6.07, 6.45) is 4.61. The summed E-state index contributed by atoms with van der Waals surface area (Å²) in [7, 11) is 0. The van der Waals surface area contributed by atoms with Crippen LogP contribution in [-0.2, 0) is 4.79 Å². The van der Waals surface area contributed by atoms with E-state index in [0.29, 0.717) is 18.0 Å². The molecule has 2 aromatic carbocycles. The molecule has 0 saturated carbocycles. The first-order valence-corrected chi connectivity index (χ1v) is 10.5. The van der Waals surface area contributed by atoms with Crippen molar-refractivity contribution in [3.05, 3.63) is 76.5 Å². The highest BCUT2D eigenvalue weighted by Crippen LogP contribution is 2.29. The van der Waals surface area contributed by atoms with E-state index in [9.17, 15) is 13.6 Å². The number of esters is 1. The number of thiophene rings is 1. The monoisotopic (exact) mass is 442 g/mol. The lowest BCUT2D eigenvalue weighted by Crippen LogP contribution is -2.06. The summed E-state index contributed by atoms with van der Waals surface area (Å²) in [6.45, 7) is 2.72. The average molecular weight is 442 g/mol. The number of rotatable bonds is 9. The average Bonchev–Trinajstić information content (AvgIpc) is 3.28. The summed E-state index contributed by atoms with van der Waals surface area (Å²) in [5.74, 6) is -3.06. The van der Waals surface area contributed by atoms with Gasteiger partial charge in [0, 0.05) is 18.2 Å². The number of azo groups is 1. The lowest BCUT2D eigenvalue weighted by atomic mass is 10.2. The minimum atomic E-state index is -1.05. The Hall–Kier alpha value is -3.39. The molecule has 1 aromatic heterocycles. The molecule has 0 saturated heterocycles. The van der Waals surface area contributed by atoms with Crippen LogP contribution in [-0.4, -0.2) is 12.6 Å². The third-order valence-corrected chi connectivity index (χ3v) is 4.73. The van der Waals surface area contributed by atoms with E-state index in [1.54, 1.807) is 30.3 Å². The van der Waals surface area contributed by atoms with Crippen molar-refractivity contribution in [3.63, 3.8) is 0 Å². The van der Waals surface area contributed by atoms with Crippen LogP contribution in [0.5, 0.6) is 11.5 Å². The first kappa shape index (κ1) is 22.3. The van der Waals surface area contributed by atoms with Gasteiger partial charge in [-0.25, -0.2) is 13.6 Å². The number of halogens is 2. The third-order valence-electron chi connectivity index (χ3n) is 4.03. The molecule has 0 aliphatic carbocycles. The molecule has 160 valence electrons. The van der Waals surface area contributed by atoms with Gasteiger partial charge in [0.15, 0.2) is 11.6 Å². The largest absolute Gasteiger partial charge is 0.494 e. The Morgan fingerprint density at radius 2 is 1.77 bits per heavy atom. The van der Waals surface area contributed by atoms with Gasteiger partial charge in [-0.2, -0.15) is 21.6 Å². The second-order valence-electron chi connectivity index (χ2n) is 6.45. The number of hydrogen-bond acceptors (Lipinski definition) is 6. The normalized spacial score (nSPS) is 11.3. The number of unbranched alkanes of at least 4 members (excludes halogenated alkanes) is 1. The molecule has 0 fully saturated rings. The van der Waals surface area contributed by atoms with E-state index in [1.165, 1.54) is 17.4 Å². The van der Waals surface area contributed by atoms with Gasteiger partial charge in [-0.15, -0.1) is 0 Å². The molecule has 3 aromatic rings. The molecular weight excluding hydrogens is 422 g/mol. The number of hydrogen-bond donors (Lipinski definition) is 0. The fourth-order valence-corrected chi connectivity index (χ4v) is 3.06. The van der Waals surface area contributed by atoms with Crippen LogP contribution in [0, 0.1) is 11.6 Å². The van der Waals surface area contributed by atoms with Crippen molar-refractivity contribution in [2.45, 2.75) is 19.8 Å². The molecule has 0 bridgehead atoms. The summed E-state index contributed by atoms with van der Waals surface area (Å²) in [6, 6.07) is 10.6. The van der Waals surface area contributed by atoms with Crippen LogP contribution in [0.4, 0.5) is 20.2 Å². The van der Waals surface area contributed by atoms with E-state index in [4.69, 9.17) is 9.47 Å². The third kappa shape index (κ3) is 6.82. The van der Waals surface area contributed by atoms with Gasteiger partial charge in [-0.1, -0.05) is 13.3 Å². The zero-order chi connectivity index (χ0) is 22.1. The van der Waals surface area contributed by atoms with Crippen LogP contribution in [0.3, 0.4) is 0 Å². The number of ether oxygens (including phenoxy) is 2. The van der Waals surface area contributed by atoms with E-state index < -0.39 is 23.4 Å². The number of benzene rings is 2. The smallest absolute Gasteiger partial charge is 0.336 e. The first-order chi connectivity index (χ1) is 15.0. The summed E-state index contributed by atoms with van der Waals surface area (Å²) >= 11 is 1.46. The van der Waals surface area contributed by atoms with E-state index in [1.807, 2.05) is 10.8 Å². The summed E-state index contributed by atoms with van der Waals surface area (Å²) < 4.78 is 38.9. The minimum absolute atomic E-state index is 0.0492. The molecule has 0 N–H and O–H groups in total. The lowest BCUT2D eigenvalue weighted by Gasteiger charge is -2.05. The number of carbonyl (C=O) groups is 1. The Kier molecular flexibility index (Phi) is 8.00. The van der Waals surface area contributed by atoms with Crippen LogP contribution in [0.25, 0.3) is 6.08 Å². The van der Waals surface area contributed by atoms with Gasteiger partial charge in [0.05, 0.1) is 18.0 Å². The Morgan fingerprint density at radius 1 is 1.06 bits per heavy atom. The van der Waals surface area contributed by atoms with Crippen molar-refractivity contribution in [2.75, 3.05) is 6.61 Å². The van der Waals surface area contributed by atoms with Crippen LogP contribution in [0.1, 0.15) is 25.3 Å². The quantitative estimate of drug-likeness (QED) is 0.115. The van der Waals surface area contributed by atoms with Gasteiger partial charge in [-0.05, 0) is 59.2 Å². The zero-order valence-corrected chi connectivity index (χ0v) is 17.6. The second-order valence-corrected chi connectivity index (χ2v) is 7.23. The molecule has 1 heterocycles. The Bertz CT molecular complexity index is 1040. The second kappa shape index (κ2) is 11.1. The van der Waals surface area contributed by atoms with Crippen molar-refractivity contribution >= 4 is 34.8 Å². The predicted octanol–water partition coefficient (Wildman–Crippen LogP) is 7.24. The van der Waals surface area contributed by atoms with Crippen molar-refractivity contribution in [3.8, 4) is 11.5 Å². The Morgan fingerprint density at radius 3 is 2.42 bits per heavy atom. The molecule has 0 aliphatic heterocycles. The highest BCUT2D eigenvalue weighted by molar-refractivity contribution is 7.08. The van der Waals surface area contributed by atoms with Crippen LogP contribution < -0.4 is 9.47 Å². The van der Waals surface area contributed by atoms with Crippen LogP contribution in [0.15, 0.2) is 69.5 Å². The summed E-state index contributed by atoms with van der Waals surface area (Å²) in [5, 5.41) is 11.5. The first-order valence-electron chi connectivity index (χ1n) is 9.61. The van der Waals surface area contributed by atoms with Crippen LogP contribution in [0.2, 0.25) is 0 Å². The topological polar surface area (TPSA) is 60.3 Å². The van der Waals surface area contributed by atoms with Crippen molar-refractivity contribution in [1.29, 1.82) is 0 Å². The van der Waals surface area contributed by atoms with Gasteiger partial charge in [-0.3, -0.25) is 0 Å². The van der Waals surface area contributed by atoms with Gasteiger partial charge in [0.1, 0.15) is 5.75 Å². The van der Waals surface area contributed by atoms with E-state index in [0.717, 1.165) is 36.6 Å². The molecule has 0 amide bonds. The fraction of sp³-hybridized carbons (Fsp3) is 0.174. The van der Waals surface area contributed by atoms with Gasteiger partial charge in [0.25, 0.3) is 0 Å². The highest BCUT2D eigenvalue weighted by atomic mass is 32.1. The lowest BCUT2D eigenvalue weighted by molar-refractivity contribution is -0.129. The maximum atomic E-state index is 14.3. The Balaban J connectivity index is 1.63. The zero-order valence-electron chi connectivity index (χ0n) is 16.8. The molecule has 31 heavy (non-hydrogen) atoms.